The highest BCUT2D eigenvalue weighted by Gasteiger charge is 2.38. The maximum Gasteiger partial charge on any atom is 0.387 e. The summed E-state index contributed by atoms with van der Waals surface area (Å²) in [7, 11) is 0. The SMILES string of the molecule is O=C(CN1CCC[C@H]1[C@@H]1CCCN1Cc1ccccc1)NCCc1ccc(OC(F)F)cc1. The zero-order valence-electron chi connectivity index (χ0n) is 19.0. The van der Waals surface area contributed by atoms with Crippen LogP contribution in [0.2, 0.25) is 0 Å². The molecule has 0 aromatic heterocycles. The van der Waals surface area contributed by atoms with Crippen LogP contribution in [-0.2, 0) is 17.8 Å². The molecule has 1 amide bonds. The first-order valence-corrected chi connectivity index (χ1v) is 11.9. The zero-order chi connectivity index (χ0) is 23.0. The Bertz CT molecular complexity index is 879. The molecule has 0 spiro atoms. The highest BCUT2D eigenvalue weighted by atomic mass is 19.3. The van der Waals surface area contributed by atoms with E-state index in [0.29, 0.717) is 31.6 Å². The Balaban J connectivity index is 1.23. The van der Waals surface area contributed by atoms with Crippen molar-refractivity contribution in [2.45, 2.75) is 57.3 Å². The summed E-state index contributed by atoms with van der Waals surface area (Å²) in [4.78, 5) is 17.6. The number of hydrogen-bond donors (Lipinski definition) is 1. The molecule has 1 N–H and O–H groups in total. The molecule has 0 aliphatic carbocycles. The van der Waals surface area contributed by atoms with Gasteiger partial charge in [-0.25, -0.2) is 0 Å². The van der Waals surface area contributed by atoms with Gasteiger partial charge in [-0.2, -0.15) is 8.78 Å². The predicted molar refractivity (Wildman–Crippen MR) is 124 cm³/mol. The molecule has 2 atom stereocenters. The fourth-order valence-corrected chi connectivity index (χ4v) is 5.21. The molecule has 0 radical (unpaired) electrons. The minimum atomic E-state index is -2.82. The van der Waals surface area contributed by atoms with E-state index in [1.807, 2.05) is 0 Å². The number of halogens is 2. The number of nitrogens with zero attached hydrogens (tertiary/aromatic N) is 2. The summed E-state index contributed by atoms with van der Waals surface area (Å²) >= 11 is 0. The van der Waals surface area contributed by atoms with Gasteiger partial charge in [0.15, 0.2) is 0 Å². The summed E-state index contributed by atoms with van der Waals surface area (Å²) < 4.78 is 28.9. The minimum Gasteiger partial charge on any atom is -0.435 e. The number of nitrogens with one attached hydrogen (secondary N) is 1. The van der Waals surface area contributed by atoms with Crippen molar-refractivity contribution in [1.82, 2.24) is 15.1 Å². The van der Waals surface area contributed by atoms with Gasteiger partial charge in [-0.15, -0.1) is 0 Å². The molecular weight excluding hydrogens is 424 g/mol. The number of ether oxygens (including phenoxy) is 1. The van der Waals surface area contributed by atoms with Crippen molar-refractivity contribution in [2.24, 2.45) is 0 Å². The van der Waals surface area contributed by atoms with Crippen LogP contribution in [0, 0.1) is 0 Å². The van der Waals surface area contributed by atoms with Gasteiger partial charge in [-0.3, -0.25) is 14.6 Å². The largest absolute Gasteiger partial charge is 0.435 e. The molecule has 2 aromatic rings. The molecule has 7 heteroatoms. The molecule has 2 aliphatic heterocycles. The normalized spacial score (nSPS) is 21.5. The molecule has 0 unspecified atom stereocenters. The van der Waals surface area contributed by atoms with E-state index in [9.17, 15) is 13.6 Å². The monoisotopic (exact) mass is 457 g/mol. The third-order valence-corrected chi connectivity index (χ3v) is 6.73. The summed E-state index contributed by atoms with van der Waals surface area (Å²) in [6.45, 7) is 1.20. The lowest BCUT2D eigenvalue weighted by Gasteiger charge is -2.34. The second-order valence-electron chi connectivity index (χ2n) is 8.97. The molecule has 4 rings (SSSR count). The average Bonchev–Trinajstić information content (AvgIpc) is 3.44. The van der Waals surface area contributed by atoms with Gasteiger partial charge < -0.3 is 10.1 Å². The number of rotatable bonds is 10. The Morgan fingerprint density at radius 2 is 1.61 bits per heavy atom. The Kier molecular flexibility index (Phi) is 8.29. The van der Waals surface area contributed by atoms with Gasteiger partial charge in [0.2, 0.25) is 5.91 Å². The lowest BCUT2D eigenvalue weighted by molar-refractivity contribution is -0.122. The molecule has 178 valence electrons. The molecule has 2 aliphatic rings. The maximum atomic E-state index is 12.6. The van der Waals surface area contributed by atoms with E-state index in [-0.39, 0.29) is 11.7 Å². The van der Waals surface area contributed by atoms with Gasteiger partial charge in [0.05, 0.1) is 6.54 Å². The van der Waals surface area contributed by atoms with Gasteiger partial charge in [-0.1, -0.05) is 42.5 Å². The van der Waals surface area contributed by atoms with Crippen LogP contribution in [0.3, 0.4) is 0 Å². The van der Waals surface area contributed by atoms with Crippen molar-refractivity contribution in [2.75, 3.05) is 26.2 Å². The molecular formula is C26H33F2N3O2. The van der Waals surface area contributed by atoms with Crippen LogP contribution < -0.4 is 10.1 Å². The molecule has 33 heavy (non-hydrogen) atoms. The number of alkyl halides is 2. The minimum absolute atomic E-state index is 0.0483. The lowest BCUT2D eigenvalue weighted by atomic mass is 10.0. The first kappa shape index (κ1) is 23.6. The van der Waals surface area contributed by atoms with Crippen LogP contribution in [0.1, 0.15) is 36.8 Å². The van der Waals surface area contributed by atoms with Gasteiger partial charge in [0, 0.05) is 25.2 Å². The van der Waals surface area contributed by atoms with Crippen LogP contribution in [0.25, 0.3) is 0 Å². The number of hydrogen-bond acceptors (Lipinski definition) is 4. The Morgan fingerprint density at radius 3 is 2.30 bits per heavy atom. The highest BCUT2D eigenvalue weighted by Crippen LogP contribution is 2.30. The Labute approximate surface area is 194 Å². The Hall–Kier alpha value is -2.51. The van der Waals surface area contributed by atoms with E-state index in [1.54, 1.807) is 12.1 Å². The van der Waals surface area contributed by atoms with E-state index in [0.717, 1.165) is 38.0 Å². The van der Waals surface area contributed by atoms with Gasteiger partial charge >= 0.3 is 6.61 Å². The van der Waals surface area contributed by atoms with Crippen molar-refractivity contribution in [3.05, 3.63) is 65.7 Å². The lowest BCUT2D eigenvalue weighted by Crippen LogP contribution is -2.48. The number of benzene rings is 2. The van der Waals surface area contributed by atoms with Crippen LogP contribution >= 0.6 is 0 Å². The van der Waals surface area contributed by atoms with Crippen molar-refractivity contribution in [1.29, 1.82) is 0 Å². The van der Waals surface area contributed by atoms with Crippen molar-refractivity contribution in [3.8, 4) is 5.75 Å². The predicted octanol–water partition coefficient (Wildman–Crippen LogP) is 4.08. The molecule has 2 saturated heterocycles. The van der Waals surface area contributed by atoms with Crippen molar-refractivity contribution >= 4 is 5.91 Å². The molecule has 2 fully saturated rings. The van der Waals surface area contributed by atoms with E-state index < -0.39 is 6.61 Å². The third-order valence-electron chi connectivity index (χ3n) is 6.73. The summed E-state index contributed by atoms with van der Waals surface area (Å²) in [6.07, 6.45) is 5.35. The standard InChI is InChI=1S/C26H33F2N3O2/c27-26(28)33-22-12-10-20(11-13-22)14-15-29-25(32)19-31-17-5-9-24(31)23-8-4-16-30(23)18-21-6-2-1-3-7-21/h1-3,6-7,10-13,23-24,26H,4-5,8-9,14-19H2,(H,29,32)/t23-,24-/m0/s1. The van der Waals surface area contributed by atoms with Crippen molar-refractivity contribution < 1.29 is 18.3 Å². The zero-order valence-corrected chi connectivity index (χ0v) is 19.0. The van der Waals surface area contributed by atoms with E-state index in [2.05, 4.69) is 50.2 Å². The highest BCUT2D eigenvalue weighted by molar-refractivity contribution is 5.78. The first-order chi connectivity index (χ1) is 16.1. The summed E-state index contributed by atoms with van der Waals surface area (Å²) in [6, 6.07) is 18.1. The fraction of sp³-hybridized carbons (Fsp3) is 0.500. The van der Waals surface area contributed by atoms with Crippen molar-refractivity contribution in [3.63, 3.8) is 0 Å². The second-order valence-corrected chi connectivity index (χ2v) is 8.97. The molecule has 5 nitrogen and oxygen atoms in total. The van der Waals surface area contributed by atoms with E-state index in [1.165, 1.54) is 30.5 Å². The molecule has 2 aromatic carbocycles. The molecule has 0 saturated carbocycles. The summed E-state index contributed by atoms with van der Waals surface area (Å²) in [5, 5.41) is 3.02. The second kappa shape index (κ2) is 11.6. The van der Waals surface area contributed by atoms with E-state index >= 15 is 0 Å². The van der Waals surface area contributed by atoms with Crippen LogP contribution in [0.4, 0.5) is 8.78 Å². The van der Waals surface area contributed by atoms with Gasteiger partial charge in [0.1, 0.15) is 5.75 Å². The average molecular weight is 458 g/mol. The summed E-state index contributed by atoms with van der Waals surface area (Å²) in [5.41, 5.74) is 2.32. The fourth-order valence-electron chi connectivity index (χ4n) is 5.21. The quantitative estimate of drug-likeness (QED) is 0.584. The molecule has 2 heterocycles. The van der Waals surface area contributed by atoms with E-state index in [4.69, 9.17) is 0 Å². The maximum absolute atomic E-state index is 12.6. The topological polar surface area (TPSA) is 44.8 Å². The number of amides is 1. The van der Waals surface area contributed by atoms with Crippen LogP contribution in [-0.4, -0.2) is 60.6 Å². The van der Waals surface area contributed by atoms with Gasteiger partial charge in [-0.05, 0) is 68.5 Å². The third kappa shape index (κ3) is 6.74. The van der Waals surface area contributed by atoms with Crippen LogP contribution in [0.15, 0.2) is 54.6 Å². The number of carbonyl (C=O) groups is 1. The smallest absolute Gasteiger partial charge is 0.387 e. The number of carbonyl (C=O) groups excluding carboxylic acids is 1. The summed E-state index contributed by atoms with van der Waals surface area (Å²) in [5.74, 6) is 0.193. The number of likely N-dealkylation sites (tertiary alicyclic amines) is 2. The van der Waals surface area contributed by atoms with Crippen LogP contribution in [0.5, 0.6) is 5.75 Å². The first-order valence-electron chi connectivity index (χ1n) is 11.9. The Morgan fingerprint density at radius 1 is 0.939 bits per heavy atom. The molecule has 0 bridgehead atoms. The van der Waals surface area contributed by atoms with Gasteiger partial charge in [0.25, 0.3) is 0 Å².